The van der Waals surface area contributed by atoms with Crippen molar-refractivity contribution in [1.29, 1.82) is 0 Å². The lowest BCUT2D eigenvalue weighted by molar-refractivity contribution is -0.146. The summed E-state index contributed by atoms with van der Waals surface area (Å²) in [5, 5.41) is 2.40. The number of halogens is 4. The molecular formula is C36H36ClF3N2O4. The Bertz CT molecular complexity index is 1530. The Morgan fingerprint density at radius 1 is 0.891 bits per heavy atom. The number of esters is 1. The molecule has 4 aromatic carbocycles. The van der Waals surface area contributed by atoms with E-state index in [-0.39, 0.29) is 30.6 Å². The second-order valence-electron chi connectivity index (χ2n) is 10.8. The molecule has 0 fully saturated rings. The quantitative estimate of drug-likeness (QED) is 0.106. The topological polar surface area (TPSA) is 67.9 Å². The number of hydrogen-bond donors (Lipinski definition) is 1. The van der Waals surface area contributed by atoms with Crippen molar-refractivity contribution in [3.8, 4) is 5.75 Å². The number of nitrogens with one attached hydrogen (secondary N) is 1. The second-order valence-corrected chi connectivity index (χ2v) is 11.2. The van der Waals surface area contributed by atoms with Gasteiger partial charge in [-0.3, -0.25) is 14.5 Å². The summed E-state index contributed by atoms with van der Waals surface area (Å²) in [7, 11) is 0. The first kappa shape index (κ1) is 34.5. The summed E-state index contributed by atoms with van der Waals surface area (Å²) in [5.74, 6) is -0.351. The summed E-state index contributed by atoms with van der Waals surface area (Å²) in [5.41, 5.74) is 2.56. The van der Waals surface area contributed by atoms with Crippen LogP contribution >= 0.6 is 11.6 Å². The molecule has 0 aliphatic carbocycles. The van der Waals surface area contributed by atoms with Crippen LogP contribution in [0.2, 0.25) is 5.02 Å². The van der Waals surface area contributed by atoms with Crippen LogP contribution < -0.4 is 10.1 Å². The number of ether oxygens (including phenoxy) is 2. The number of hydrogen-bond acceptors (Lipinski definition) is 5. The lowest BCUT2D eigenvalue weighted by Gasteiger charge is -2.29. The van der Waals surface area contributed by atoms with Crippen molar-refractivity contribution < 1.29 is 32.2 Å². The normalized spacial score (nSPS) is 11.5. The van der Waals surface area contributed by atoms with E-state index in [1.54, 1.807) is 6.07 Å². The Morgan fingerprint density at radius 2 is 1.54 bits per heavy atom. The molecule has 46 heavy (non-hydrogen) atoms. The smallest absolute Gasteiger partial charge is 0.417 e. The largest absolute Gasteiger partial charge is 0.494 e. The molecule has 0 heterocycles. The summed E-state index contributed by atoms with van der Waals surface area (Å²) in [6, 6.07) is 31.4. The van der Waals surface area contributed by atoms with Crippen LogP contribution in [0, 0.1) is 0 Å². The zero-order chi connectivity index (χ0) is 32.9. The molecule has 6 nitrogen and oxygen atoms in total. The maximum atomic E-state index is 13.7. The van der Waals surface area contributed by atoms with Crippen LogP contribution in [0.15, 0.2) is 103 Å². The van der Waals surface area contributed by atoms with E-state index in [4.69, 9.17) is 21.1 Å². The third kappa shape index (κ3) is 10.6. The SMILES string of the molecule is CC(=O)OCC(=O)NCc1cccc(OCCCN(Cc2cccc(C(F)(F)F)c2Cl)CC(c2ccccc2)c2ccccc2)c1. The van der Waals surface area contributed by atoms with Crippen LogP contribution in [0.5, 0.6) is 5.75 Å². The molecule has 4 rings (SSSR count). The van der Waals surface area contributed by atoms with Crippen LogP contribution in [-0.4, -0.2) is 43.1 Å². The lowest BCUT2D eigenvalue weighted by Crippen LogP contribution is -2.31. The fraction of sp³-hybridized carbons (Fsp3) is 0.278. The molecule has 0 aromatic heterocycles. The van der Waals surface area contributed by atoms with Crippen molar-refractivity contribution >= 4 is 23.5 Å². The van der Waals surface area contributed by atoms with E-state index < -0.39 is 23.6 Å². The minimum absolute atomic E-state index is 0.0272. The van der Waals surface area contributed by atoms with E-state index in [1.165, 1.54) is 13.0 Å². The van der Waals surface area contributed by atoms with Gasteiger partial charge < -0.3 is 14.8 Å². The molecule has 0 unspecified atom stereocenters. The zero-order valence-electron chi connectivity index (χ0n) is 25.4. The number of nitrogens with zero attached hydrogens (tertiary/aromatic N) is 1. The minimum Gasteiger partial charge on any atom is -0.494 e. The molecule has 0 saturated heterocycles. The molecule has 10 heteroatoms. The van der Waals surface area contributed by atoms with E-state index in [9.17, 15) is 22.8 Å². The highest BCUT2D eigenvalue weighted by Crippen LogP contribution is 2.37. The van der Waals surface area contributed by atoms with Crippen LogP contribution in [0.1, 0.15) is 47.1 Å². The van der Waals surface area contributed by atoms with Crippen molar-refractivity contribution in [1.82, 2.24) is 10.2 Å². The van der Waals surface area contributed by atoms with Gasteiger partial charge in [0.2, 0.25) is 0 Å². The molecule has 0 spiro atoms. The molecule has 1 N–H and O–H groups in total. The molecule has 0 aliphatic rings. The Labute approximate surface area is 272 Å². The third-order valence-corrected chi connectivity index (χ3v) is 7.75. The predicted octanol–water partition coefficient (Wildman–Crippen LogP) is 7.64. The number of rotatable bonds is 15. The van der Waals surface area contributed by atoms with Gasteiger partial charge in [0.25, 0.3) is 5.91 Å². The highest BCUT2D eigenvalue weighted by molar-refractivity contribution is 6.32. The van der Waals surface area contributed by atoms with Crippen LogP contribution in [0.25, 0.3) is 0 Å². The van der Waals surface area contributed by atoms with Crippen LogP contribution in [-0.2, 0) is 33.6 Å². The van der Waals surface area contributed by atoms with Crippen molar-refractivity contribution in [3.63, 3.8) is 0 Å². The molecule has 0 aliphatic heterocycles. The van der Waals surface area contributed by atoms with E-state index in [2.05, 4.69) is 34.5 Å². The average molecular weight is 653 g/mol. The first-order valence-electron chi connectivity index (χ1n) is 14.9. The van der Waals surface area contributed by atoms with Gasteiger partial charge in [-0.15, -0.1) is 0 Å². The molecular weight excluding hydrogens is 617 g/mol. The van der Waals surface area contributed by atoms with Gasteiger partial charge in [-0.2, -0.15) is 13.2 Å². The molecule has 0 radical (unpaired) electrons. The summed E-state index contributed by atoms with van der Waals surface area (Å²) < 4.78 is 51.7. The Balaban J connectivity index is 1.46. The Hall–Kier alpha value is -4.34. The lowest BCUT2D eigenvalue weighted by atomic mass is 9.90. The highest BCUT2D eigenvalue weighted by atomic mass is 35.5. The van der Waals surface area contributed by atoms with Gasteiger partial charge in [-0.25, -0.2) is 0 Å². The highest BCUT2D eigenvalue weighted by Gasteiger charge is 2.34. The molecule has 0 atom stereocenters. The second kappa shape index (κ2) is 16.8. The number of benzene rings is 4. The predicted molar refractivity (Wildman–Crippen MR) is 171 cm³/mol. The van der Waals surface area contributed by atoms with Gasteiger partial charge in [0.1, 0.15) is 5.75 Å². The summed E-state index contributed by atoms with van der Waals surface area (Å²) >= 11 is 6.32. The van der Waals surface area contributed by atoms with Crippen molar-refractivity contribution in [3.05, 3.63) is 136 Å². The number of amides is 1. The van der Waals surface area contributed by atoms with Crippen LogP contribution in [0.3, 0.4) is 0 Å². The summed E-state index contributed by atoms with van der Waals surface area (Å²) in [6.07, 6.45) is -3.96. The minimum atomic E-state index is -4.55. The number of carbonyl (C=O) groups is 2. The van der Waals surface area contributed by atoms with Gasteiger partial charge in [0, 0.05) is 39.0 Å². The van der Waals surface area contributed by atoms with Gasteiger partial charge in [0.15, 0.2) is 6.61 Å². The summed E-state index contributed by atoms with van der Waals surface area (Å²) in [4.78, 5) is 24.9. The first-order valence-corrected chi connectivity index (χ1v) is 15.3. The Kier molecular flexibility index (Phi) is 12.6. The van der Waals surface area contributed by atoms with Crippen molar-refractivity contribution in [2.24, 2.45) is 0 Å². The van der Waals surface area contributed by atoms with E-state index in [1.807, 2.05) is 60.7 Å². The first-order chi connectivity index (χ1) is 22.1. The van der Waals surface area contributed by atoms with E-state index in [0.717, 1.165) is 22.8 Å². The monoisotopic (exact) mass is 652 g/mol. The Morgan fingerprint density at radius 3 is 2.17 bits per heavy atom. The van der Waals surface area contributed by atoms with Gasteiger partial charge in [-0.05, 0) is 46.9 Å². The average Bonchev–Trinajstić information content (AvgIpc) is 3.04. The van der Waals surface area contributed by atoms with Gasteiger partial charge >= 0.3 is 12.1 Å². The molecule has 0 bridgehead atoms. The molecule has 0 saturated carbocycles. The molecule has 4 aromatic rings. The number of carbonyl (C=O) groups excluding carboxylic acids is 2. The van der Waals surface area contributed by atoms with Crippen molar-refractivity contribution in [2.45, 2.75) is 38.5 Å². The number of alkyl halides is 3. The maximum Gasteiger partial charge on any atom is 0.417 e. The van der Waals surface area contributed by atoms with E-state index in [0.29, 0.717) is 37.4 Å². The van der Waals surface area contributed by atoms with Gasteiger partial charge in [-0.1, -0.05) is 96.5 Å². The molecule has 1 amide bonds. The third-order valence-electron chi connectivity index (χ3n) is 7.30. The summed E-state index contributed by atoms with van der Waals surface area (Å²) in [6.45, 7) is 2.79. The molecule has 242 valence electrons. The standard InChI is InChI=1S/C36H36ClF3N2O4/c1-26(43)46-25-34(44)41-22-27-11-8-17-31(21-27)45-20-10-19-42(23-30-16-9-18-33(35(30)37)36(38,39)40)24-32(28-12-4-2-5-13-28)29-14-6-3-7-15-29/h2-9,11-18,21,32H,10,19-20,22-25H2,1H3,(H,41,44). The van der Waals surface area contributed by atoms with Crippen molar-refractivity contribution in [2.75, 3.05) is 26.3 Å². The zero-order valence-corrected chi connectivity index (χ0v) is 26.2. The maximum absolute atomic E-state index is 13.7. The van der Waals surface area contributed by atoms with Crippen LogP contribution in [0.4, 0.5) is 13.2 Å². The van der Waals surface area contributed by atoms with Gasteiger partial charge in [0.05, 0.1) is 17.2 Å². The fourth-order valence-electron chi connectivity index (χ4n) is 5.07. The van der Waals surface area contributed by atoms with E-state index >= 15 is 0 Å². The fourth-order valence-corrected chi connectivity index (χ4v) is 5.36.